The zero-order valence-electron chi connectivity index (χ0n) is 11.3. The Morgan fingerprint density at radius 1 is 1.40 bits per heavy atom. The van der Waals surface area contributed by atoms with Gasteiger partial charge in [-0.25, -0.2) is 4.98 Å². The number of imidazole rings is 1. The maximum atomic E-state index is 11.6. The number of hydrogen-bond donors (Lipinski definition) is 2. The van der Waals surface area contributed by atoms with E-state index in [0.717, 1.165) is 31.1 Å². The molecular formula is C14H17N5O. The molecule has 3 N–H and O–H groups in total. The van der Waals surface area contributed by atoms with E-state index in [1.807, 2.05) is 18.5 Å². The Hall–Kier alpha value is -2.50. The number of hydrogen-bond acceptors (Lipinski definition) is 4. The molecule has 0 spiro atoms. The van der Waals surface area contributed by atoms with E-state index in [1.54, 1.807) is 19.2 Å². The van der Waals surface area contributed by atoms with Gasteiger partial charge < -0.3 is 20.5 Å². The largest absolute Gasteiger partial charge is 0.397 e. The number of nitrogens with one attached hydrogen (secondary N) is 1. The fourth-order valence-corrected chi connectivity index (χ4v) is 2.51. The first-order chi connectivity index (χ1) is 9.69. The van der Waals surface area contributed by atoms with Gasteiger partial charge >= 0.3 is 0 Å². The molecule has 0 radical (unpaired) electrons. The first kappa shape index (κ1) is 12.5. The van der Waals surface area contributed by atoms with Gasteiger partial charge in [-0.1, -0.05) is 0 Å². The van der Waals surface area contributed by atoms with Gasteiger partial charge in [0.25, 0.3) is 5.91 Å². The molecule has 0 bridgehead atoms. The number of aromatic nitrogens is 2. The monoisotopic (exact) mass is 271 g/mol. The summed E-state index contributed by atoms with van der Waals surface area (Å²) in [6.07, 6.45) is 3.81. The summed E-state index contributed by atoms with van der Waals surface area (Å²) in [5.74, 6) is 0.906. The Morgan fingerprint density at radius 2 is 2.25 bits per heavy atom. The lowest BCUT2D eigenvalue weighted by Crippen LogP contribution is -2.34. The van der Waals surface area contributed by atoms with Crippen LogP contribution in [0.4, 0.5) is 11.4 Å². The van der Waals surface area contributed by atoms with Crippen molar-refractivity contribution in [3.63, 3.8) is 0 Å². The number of fused-ring (bicyclic) bond motifs is 1. The minimum atomic E-state index is -0.127. The van der Waals surface area contributed by atoms with Gasteiger partial charge in [0.15, 0.2) is 0 Å². The third kappa shape index (κ3) is 2.09. The summed E-state index contributed by atoms with van der Waals surface area (Å²) in [5.41, 5.74) is 8.23. The Bertz CT molecular complexity index is 649. The van der Waals surface area contributed by atoms with E-state index in [1.165, 1.54) is 0 Å². The second-order valence-corrected chi connectivity index (χ2v) is 4.81. The molecule has 20 heavy (non-hydrogen) atoms. The number of nitrogens with zero attached hydrogens (tertiary/aromatic N) is 3. The molecule has 0 unspecified atom stereocenters. The standard InChI is InChI=1S/C14H17N5O/c1-16-14(20)10-2-3-12(11(15)8-10)19-7-6-18-5-4-17-13(18)9-19/h2-5,8H,6-7,9,15H2,1H3,(H,16,20). The highest BCUT2D eigenvalue weighted by Gasteiger charge is 2.19. The van der Waals surface area contributed by atoms with Crippen molar-refractivity contribution >= 4 is 17.3 Å². The van der Waals surface area contributed by atoms with Crippen LogP contribution in [0.5, 0.6) is 0 Å². The lowest BCUT2D eigenvalue weighted by molar-refractivity contribution is 0.0963. The van der Waals surface area contributed by atoms with Gasteiger partial charge in [-0.15, -0.1) is 0 Å². The number of carbonyl (C=O) groups is 1. The number of nitrogens with two attached hydrogens (primary N) is 1. The number of carbonyl (C=O) groups excluding carboxylic acids is 1. The summed E-state index contributed by atoms with van der Waals surface area (Å²) in [7, 11) is 1.61. The SMILES string of the molecule is CNC(=O)c1ccc(N2CCn3ccnc3C2)c(N)c1. The van der Waals surface area contributed by atoms with Crippen molar-refractivity contribution in [2.75, 3.05) is 24.2 Å². The molecule has 1 aliphatic rings. The van der Waals surface area contributed by atoms with Crippen LogP contribution in [0, 0.1) is 0 Å². The van der Waals surface area contributed by atoms with Crippen LogP contribution in [0.15, 0.2) is 30.6 Å². The molecule has 0 saturated heterocycles. The van der Waals surface area contributed by atoms with E-state index < -0.39 is 0 Å². The molecule has 2 heterocycles. The van der Waals surface area contributed by atoms with Crippen molar-refractivity contribution in [2.45, 2.75) is 13.1 Å². The van der Waals surface area contributed by atoms with E-state index in [-0.39, 0.29) is 5.91 Å². The van der Waals surface area contributed by atoms with Crippen molar-refractivity contribution < 1.29 is 4.79 Å². The molecule has 2 aromatic rings. The van der Waals surface area contributed by atoms with Gasteiger partial charge in [-0.2, -0.15) is 0 Å². The average molecular weight is 271 g/mol. The zero-order chi connectivity index (χ0) is 14.1. The molecule has 0 aliphatic carbocycles. The molecule has 1 aromatic heterocycles. The van der Waals surface area contributed by atoms with E-state index in [0.29, 0.717) is 11.3 Å². The van der Waals surface area contributed by atoms with E-state index in [4.69, 9.17) is 5.73 Å². The van der Waals surface area contributed by atoms with E-state index in [2.05, 4.69) is 19.8 Å². The van der Waals surface area contributed by atoms with Crippen LogP contribution in [-0.4, -0.2) is 29.1 Å². The van der Waals surface area contributed by atoms with Crippen LogP contribution < -0.4 is 16.0 Å². The minimum Gasteiger partial charge on any atom is -0.397 e. The number of rotatable bonds is 2. The highest BCUT2D eigenvalue weighted by molar-refractivity contribution is 5.96. The smallest absolute Gasteiger partial charge is 0.251 e. The van der Waals surface area contributed by atoms with Crippen molar-refractivity contribution in [3.05, 3.63) is 42.0 Å². The zero-order valence-corrected chi connectivity index (χ0v) is 11.3. The van der Waals surface area contributed by atoms with Gasteiger partial charge in [0, 0.05) is 38.1 Å². The quantitative estimate of drug-likeness (QED) is 0.794. The molecule has 0 atom stereocenters. The Kier molecular flexibility index (Phi) is 3.06. The third-order valence-electron chi connectivity index (χ3n) is 3.60. The number of nitrogen functional groups attached to an aromatic ring is 1. The van der Waals surface area contributed by atoms with Crippen LogP contribution in [0.2, 0.25) is 0 Å². The summed E-state index contributed by atoms with van der Waals surface area (Å²) >= 11 is 0. The molecule has 1 amide bonds. The predicted octanol–water partition coefficient (Wildman–Crippen LogP) is 0.845. The van der Waals surface area contributed by atoms with Gasteiger partial charge in [-0.3, -0.25) is 4.79 Å². The van der Waals surface area contributed by atoms with Gasteiger partial charge in [0.1, 0.15) is 5.82 Å². The second kappa shape index (κ2) is 4.88. The van der Waals surface area contributed by atoms with Crippen molar-refractivity contribution in [1.82, 2.24) is 14.9 Å². The van der Waals surface area contributed by atoms with Crippen LogP contribution in [0.25, 0.3) is 0 Å². The molecule has 1 aromatic carbocycles. The third-order valence-corrected chi connectivity index (χ3v) is 3.60. The average Bonchev–Trinajstić information content (AvgIpc) is 2.93. The normalized spacial score (nSPS) is 13.9. The Morgan fingerprint density at radius 3 is 3.00 bits per heavy atom. The summed E-state index contributed by atoms with van der Waals surface area (Å²) in [4.78, 5) is 18.1. The second-order valence-electron chi connectivity index (χ2n) is 4.81. The Labute approximate surface area is 117 Å². The van der Waals surface area contributed by atoms with E-state index in [9.17, 15) is 4.79 Å². The number of anilines is 2. The van der Waals surface area contributed by atoms with Gasteiger partial charge in [-0.05, 0) is 18.2 Å². The fraction of sp³-hybridized carbons (Fsp3) is 0.286. The topological polar surface area (TPSA) is 76.2 Å². The highest BCUT2D eigenvalue weighted by Crippen LogP contribution is 2.27. The van der Waals surface area contributed by atoms with Crippen LogP contribution in [-0.2, 0) is 13.1 Å². The molecular weight excluding hydrogens is 254 g/mol. The lowest BCUT2D eigenvalue weighted by Gasteiger charge is -2.30. The summed E-state index contributed by atoms with van der Waals surface area (Å²) in [6, 6.07) is 5.42. The van der Waals surface area contributed by atoms with Crippen molar-refractivity contribution in [2.24, 2.45) is 0 Å². The van der Waals surface area contributed by atoms with Crippen molar-refractivity contribution in [1.29, 1.82) is 0 Å². The minimum absolute atomic E-state index is 0.127. The number of amides is 1. The molecule has 6 nitrogen and oxygen atoms in total. The van der Waals surface area contributed by atoms with Crippen LogP contribution in [0.3, 0.4) is 0 Å². The van der Waals surface area contributed by atoms with E-state index >= 15 is 0 Å². The summed E-state index contributed by atoms with van der Waals surface area (Å²) < 4.78 is 2.14. The summed E-state index contributed by atoms with van der Waals surface area (Å²) in [6.45, 7) is 2.51. The molecule has 0 fully saturated rings. The van der Waals surface area contributed by atoms with Crippen LogP contribution in [0.1, 0.15) is 16.2 Å². The highest BCUT2D eigenvalue weighted by atomic mass is 16.1. The van der Waals surface area contributed by atoms with Crippen LogP contribution >= 0.6 is 0 Å². The molecule has 6 heteroatoms. The molecule has 104 valence electrons. The summed E-state index contributed by atoms with van der Waals surface area (Å²) in [5, 5.41) is 2.60. The number of benzene rings is 1. The maximum absolute atomic E-state index is 11.6. The Balaban J connectivity index is 1.87. The molecule has 0 saturated carbocycles. The molecule has 1 aliphatic heterocycles. The first-order valence-corrected chi connectivity index (χ1v) is 6.55. The maximum Gasteiger partial charge on any atom is 0.251 e. The van der Waals surface area contributed by atoms with Crippen molar-refractivity contribution in [3.8, 4) is 0 Å². The first-order valence-electron chi connectivity index (χ1n) is 6.55. The van der Waals surface area contributed by atoms with Gasteiger partial charge in [0.2, 0.25) is 0 Å². The molecule has 3 rings (SSSR count). The van der Waals surface area contributed by atoms with Gasteiger partial charge in [0.05, 0.1) is 17.9 Å². The fourth-order valence-electron chi connectivity index (χ4n) is 2.51. The predicted molar refractivity (Wildman–Crippen MR) is 77.5 cm³/mol. The lowest BCUT2D eigenvalue weighted by atomic mass is 10.1.